The SMILES string of the molecule is CC(=O)c1nn(CC(=O)N2C[C@H](F)C[C@H]2C(=O)NC(C)[C@H]2CC2(Cl)Cl)c2ccc(-c3cnc(C)nc3)cc12. The Morgan fingerprint density at radius 2 is 1.89 bits per heavy atom. The fraction of sp³-hybridized carbons (Fsp3) is 0.462. The molecule has 0 spiro atoms. The van der Waals surface area contributed by atoms with Gasteiger partial charge < -0.3 is 10.2 Å². The quantitative estimate of drug-likeness (QED) is 0.349. The summed E-state index contributed by atoms with van der Waals surface area (Å²) in [4.78, 5) is 48.4. The highest BCUT2D eigenvalue weighted by Gasteiger charge is 2.55. The van der Waals surface area contributed by atoms with Gasteiger partial charge >= 0.3 is 0 Å². The van der Waals surface area contributed by atoms with Gasteiger partial charge in [0.05, 0.1) is 12.1 Å². The summed E-state index contributed by atoms with van der Waals surface area (Å²) in [7, 11) is 0. The van der Waals surface area contributed by atoms with Crippen LogP contribution in [-0.2, 0) is 16.1 Å². The summed E-state index contributed by atoms with van der Waals surface area (Å²) >= 11 is 12.2. The van der Waals surface area contributed by atoms with Crippen LogP contribution < -0.4 is 5.32 Å². The molecule has 1 saturated carbocycles. The first-order chi connectivity index (χ1) is 17.9. The minimum atomic E-state index is -1.33. The second-order valence-electron chi connectivity index (χ2n) is 10.1. The number of carbonyl (C=O) groups excluding carboxylic acids is 3. The maximum Gasteiger partial charge on any atom is 0.245 e. The summed E-state index contributed by atoms with van der Waals surface area (Å²) < 4.78 is 15.0. The fourth-order valence-electron chi connectivity index (χ4n) is 5.01. The first-order valence-electron chi connectivity index (χ1n) is 12.4. The summed E-state index contributed by atoms with van der Waals surface area (Å²) in [5.74, 6) is -0.628. The molecule has 1 aliphatic carbocycles. The van der Waals surface area contributed by atoms with Gasteiger partial charge in [-0.3, -0.25) is 19.1 Å². The number of amides is 2. The molecule has 9 nitrogen and oxygen atoms in total. The van der Waals surface area contributed by atoms with Crippen molar-refractivity contribution in [3.8, 4) is 11.1 Å². The molecule has 0 radical (unpaired) electrons. The Morgan fingerprint density at radius 1 is 1.21 bits per heavy atom. The summed E-state index contributed by atoms with van der Waals surface area (Å²) in [6, 6.07) is 4.14. The Morgan fingerprint density at radius 3 is 2.53 bits per heavy atom. The Labute approximate surface area is 228 Å². The van der Waals surface area contributed by atoms with Crippen LogP contribution in [0.5, 0.6) is 0 Å². The first-order valence-corrected chi connectivity index (χ1v) is 13.1. The van der Waals surface area contributed by atoms with Crippen LogP contribution in [0.1, 0.15) is 43.0 Å². The van der Waals surface area contributed by atoms with Crippen molar-refractivity contribution in [2.24, 2.45) is 5.92 Å². The minimum absolute atomic E-state index is 0.0949. The smallest absolute Gasteiger partial charge is 0.245 e. The third-order valence-electron chi connectivity index (χ3n) is 7.20. The van der Waals surface area contributed by atoms with Gasteiger partial charge in [0, 0.05) is 48.6 Å². The number of aryl methyl sites for hydroxylation is 1. The number of fused-ring (bicyclic) bond motifs is 1. The van der Waals surface area contributed by atoms with Crippen molar-refractivity contribution >= 4 is 51.7 Å². The number of benzene rings is 1. The van der Waals surface area contributed by atoms with Gasteiger partial charge in [0.1, 0.15) is 34.6 Å². The van der Waals surface area contributed by atoms with Crippen LogP contribution in [0.15, 0.2) is 30.6 Å². The third-order valence-corrected chi connectivity index (χ3v) is 8.07. The van der Waals surface area contributed by atoms with Crippen molar-refractivity contribution in [2.45, 2.75) is 62.7 Å². The summed E-state index contributed by atoms with van der Waals surface area (Å²) in [6.45, 7) is 4.54. The lowest BCUT2D eigenvalue weighted by molar-refractivity contribution is -0.139. The van der Waals surface area contributed by atoms with Crippen LogP contribution in [-0.4, -0.2) is 71.4 Å². The van der Waals surface area contributed by atoms with Crippen molar-refractivity contribution in [3.05, 3.63) is 42.1 Å². The number of rotatable bonds is 7. The lowest BCUT2D eigenvalue weighted by Crippen LogP contribution is -2.49. The van der Waals surface area contributed by atoms with Crippen molar-refractivity contribution < 1.29 is 18.8 Å². The van der Waals surface area contributed by atoms with Crippen molar-refractivity contribution in [2.75, 3.05) is 6.54 Å². The molecule has 5 rings (SSSR count). The molecule has 1 unspecified atom stereocenters. The van der Waals surface area contributed by atoms with E-state index in [0.717, 1.165) is 11.1 Å². The third kappa shape index (κ3) is 5.11. The highest BCUT2D eigenvalue weighted by molar-refractivity contribution is 6.51. The number of ketones is 1. The van der Waals surface area contributed by atoms with Crippen LogP contribution in [0.2, 0.25) is 0 Å². The Kier molecular flexibility index (Phi) is 6.89. The fourth-order valence-corrected chi connectivity index (χ4v) is 5.72. The highest BCUT2D eigenvalue weighted by atomic mass is 35.5. The molecule has 1 N–H and O–H groups in total. The number of carbonyl (C=O) groups is 3. The maximum absolute atomic E-state index is 14.4. The minimum Gasteiger partial charge on any atom is -0.351 e. The number of nitrogens with one attached hydrogen (secondary N) is 1. The molecule has 38 heavy (non-hydrogen) atoms. The number of hydrogen-bond acceptors (Lipinski definition) is 6. The molecule has 1 aromatic carbocycles. The van der Waals surface area contributed by atoms with Crippen LogP contribution >= 0.6 is 23.2 Å². The van der Waals surface area contributed by atoms with Crippen molar-refractivity contribution in [1.82, 2.24) is 30.0 Å². The summed E-state index contributed by atoms with van der Waals surface area (Å²) in [5, 5.41) is 7.81. The van der Waals surface area contributed by atoms with Crippen molar-refractivity contribution in [3.63, 3.8) is 0 Å². The van der Waals surface area contributed by atoms with E-state index in [4.69, 9.17) is 23.2 Å². The average Bonchev–Trinajstić information content (AvgIpc) is 3.17. The molecule has 0 bridgehead atoms. The van der Waals surface area contributed by atoms with Crippen LogP contribution in [0, 0.1) is 12.8 Å². The number of aromatic nitrogens is 4. The molecule has 2 aliphatic rings. The summed E-state index contributed by atoms with van der Waals surface area (Å²) in [5.41, 5.74) is 2.35. The lowest BCUT2D eigenvalue weighted by atomic mass is 10.0. The van der Waals surface area contributed by atoms with E-state index in [-0.39, 0.29) is 42.9 Å². The van der Waals surface area contributed by atoms with E-state index in [1.807, 2.05) is 12.1 Å². The lowest BCUT2D eigenvalue weighted by Gasteiger charge is -2.25. The zero-order valence-electron chi connectivity index (χ0n) is 21.1. The van der Waals surface area contributed by atoms with Gasteiger partial charge in [-0.2, -0.15) is 5.10 Å². The zero-order valence-corrected chi connectivity index (χ0v) is 22.6. The van der Waals surface area contributed by atoms with E-state index >= 15 is 0 Å². The van der Waals surface area contributed by atoms with E-state index in [0.29, 0.717) is 23.1 Å². The predicted molar refractivity (Wildman–Crippen MR) is 141 cm³/mol. The number of halogens is 3. The molecular weight excluding hydrogens is 534 g/mol. The van der Waals surface area contributed by atoms with Crippen LogP contribution in [0.25, 0.3) is 22.0 Å². The second-order valence-corrected chi connectivity index (χ2v) is 11.6. The standard InChI is InChI=1S/C26H27Cl2FN6O3/c1-13(20-8-26(20,27)28)32-25(38)22-7-18(29)11-34(22)23(37)12-35-21-5-4-16(17-9-30-15(3)31-10-17)6-19(21)24(33-35)14(2)36/h4-6,9-10,13,18,20,22H,7-8,11-12H2,1-3H3,(H,32,38)/t13?,18-,20-,22+/m1/s1. The molecule has 1 aliphatic heterocycles. The number of hydrogen-bond donors (Lipinski definition) is 1. The van der Waals surface area contributed by atoms with Gasteiger partial charge in [-0.1, -0.05) is 6.07 Å². The maximum atomic E-state index is 14.4. The van der Waals surface area contributed by atoms with Gasteiger partial charge in [0.25, 0.3) is 0 Å². The first kappa shape index (κ1) is 26.5. The van der Waals surface area contributed by atoms with E-state index < -0.39 is 28.4 Å². The molecule has 3 heterocycles. The summed E-state index contributed by atoms with van der Waals surface area (Å²) in [6.07, 6.45) is 2.53. The topological polar surface area (TPSA) is 110 Å². The molecular formula is C26H27Cl2FN6O3. The van der Waals surface area contributed by atoms with Gasteiger partial charge in [-0.25, -0.2) is 14.4 Å². The van der Waals surface area contributed by atoms with Crippen LogP contribution in [0.3, 0.4) is 0 Å². The molecule has 2 amide bonds. The Balaban J connectivity index is 1.37. The molecule has 200 valence electrons. The molecule has 12 heteroatoms. The van der Waals surface area contributed by atoms with Crippen molar-refractivity contribution in [1.29, 1.82) is 0 Å². The van der Waals surface area contributed by atoms with E-state index in [1.165, 1.54) is 16.5 Å². The monoisotopic (exact) mass is 560 g/mol. The second kappa shape index (κ2) is 9.89. The molecule has 2 fully saturated rings. The highest BCUT2D eigenvalue weighted by Crippen LogP contribution is 2.54. The number of Topliss-reactive ketones (excluding diaryl/α,β-unsaturated/α-hetero) is 1. The number of nitrogens with zero attached hydrogens (tertiary/aromatic N) is 5. The normalized spacial score (nSPS) is 22.9. The molecule has 3 aromatic rings. The zero-order chi connectivity index (χ0) is 27.4. The Bertz CT molecular complexity index is 1430. The van der Waals surface area contributed by atoms with Gasteiger partial charge in [-0.05, 0) is 38.0 Å². The Hall–Kier alpha value is -3.11. The van der Waals surface area contributed by atoms with E-state index in [9.17, 15) is 18.8 Å². The van der Waals surface area contributed by atoms with Gasteiger partial charge in [0.2, 0.25) is 11.8 Å². The number of likely N-dealkylation sites (tertiary alicyclic amines) is 1. The molecule has 4 atom stereocenters. The van der Waals surface area contributed by atoms with E-state index in [2.05, 4.69) is 20.4 Å². The van der Waals surface area contributed by atoms with Gasteiger partial charge in [-0.15, -0.1) is 23.2 Å². The van der Waals surface area contributed by atoms with Gasteiger partial charge in [0.15, 0.2) is 5.78 Å². The molecule has 1 saturated heterocycles. The number of alkyl halides is 3. The van der Waals surface area contributed by atoms with E-state index in [1.54, 1.807) is 32.3 Å². The molecule has 2 aromatic heterocycles. The largest absolute Gasteiger partial charge is 0.351 e. The van der Waals surface area contributed by atoms with Crippen LogP contribution in [0.4, 0.5) is 4.39 Å². The predicted octanol–water partition coefficient (Wildman–Crippen LogP) is 3.64. The average molecular weight is 561 g/mol.